The van der Waals surface area contributed by atoms with E-state index in [9.17, 15) is 9.59 Å². The second-order valence-electron chi connectivity index (χ2n) is 10.3. The molecule has 1 saturated carbocycles. The molecule has 0 radical (unpaired) electrons. The molecule has 0 spiro atoms. The Kier molecular flexibility index (Phi) is 7.92. The summed E-state index contributed by atoms with van der Waals surface area (Å²) < 4.78 is 18.1. The van der Waals surface area contributed by atoms with E-state index in [2.05, 4.69) is 10.6 Å². The van der Waals surface area contributed by atoms with Crippen molar-refractivity contribution in [1.82, 2.24) is 20.5 Å². The number of likely N-dealkylation sites (tertiary alicyclic amines) is 1. The molecule has 9 nitrogen and oxygen atoms in total. The Balaban J connectivity index is 1.39. The molecule has 3 atom stereocenters. The molecule has 3 fully saturated rings. The molecule has 2 N–H and O–H groups in total. The summed E-state index contributed by atoms with van der Waals surface area (Å²) in [6.07, 6.45) is 8.43. The van der Waals surface area contributed by atoms with Crippen LogP contribution in [0.15, 0.2) is 41.0 Å². The molecule has 2 saturated heterocycles. The number of hydrogen-bond donors (Lipinski definition) is 2. The first kappa shape index (κ1) is 25.9. The lowest BCUT2D eigenvalue weighted by Crippen LogP contribution is -2.55. The van der Waals surface area contributed by atoms with Crippen LogP contribution in [0.25, 0.3) is 0 Å². The lowest BCUT2D eigenvalue weighted by Gasteiger charge is -2.34. The first-order valence-corrected chi connectivity index (χ1v) is 13.6. The number of hydrogen-bond acceptors (Lipinski definition) is 7. The summed E-state index contributed by atoms with van der Waals surface area (Å²) in [6, 6.07) is 8.52. The van der Waals surface area contributed by atoms with Crippen molar-refractivity contribution in [2.24, 2.45) is 5.92 Å². The normalized spacial score (nSPS) is 23.6. The minimum absolute atomic E-state index is 0.0445. The van der Waals surface area contributed by atoms with Crippen molar-refractivity contribution < 1.29 is 23.5 Å². The van der Waals surface area contributed by atoms with Gasteiger partial charge in [-0.25, -0.2) is 4.98 Å². The number of benzene rings is 1. The van der Waals surface area contributed by atoms with Crippen LogP contribution < -0.4 is 10.6 Å². The first-order valence-electron chi connectivity index (χ1n) is 13.6. The molecule has 0 bridgehead atoms. The second-order valence-corrected chi connectivity index (χ2v) is 10.3. The Morgan fingerprint density at radius 1 is 1.05 bits per heavy atom. The number of oxazole rings is 1. The third-order valence-electron chi connectivity index (χ3n) is 8.04. The fraction of sp³-hybridized carbons (Fsp3) is 0.607. The summed E-state index contributed by atoms with van der Waals surface area (Å²) in [5, 5.41) is 6.06. The maximum absolute atomic E-state index is 14.0. The molecule has 3 heterocycles. The predicted octanol–water partition coefficient (Wildman–Crippen LogP) is 3.26. The van der Waals surface area contributed by atoms with Gasteiger partial charge in [0.2, 0.25) is 23.5 Å². The SMILES string of the molecule is CN[C@@H](C)C(=O)N[C@H](C(=O)N1CCC[C@H]1c1nc(C2(c3ccccc3)OCCO2)co1)C1CCCCC1. The summed E-state index contributed by atoms with van der Waals surface area (Å²) >= 11 is 0. The quantitative estimate of drug-likeness (QED) is 0.562. The van der Waals surface area contributed by atoms with Crippen LogP contribution in [0.1, 0.15) is 75.1 Å². The van der Waals surface area contributed by atoms with Crippen molar-refractivity contribution >= 4 is 11.8 Å². The molecule has 37 heavy (non-hydrogen) atoms. The Labute approximate surface area is 218 Å². The average molecular weight is 511 g/mol. The predicted molar refractivity (Wildman–Crippen MR) is 136 cm³/mol. The number of aromatic nitrogens is 1. The largest absolute Gasteiger partial charge is 0.446 e. The zero-order chi connectivity index (χ0) is 25.8. The number of carbonyl (C=O) groups is 2. The molecule has 5 rings (SSSR count). The number of carbonyl (C=O) groups excluding carboxylic acids is 2. The second kappa shape index (κ2) is 11.3. The molecule has 0 unspecified atom stereocenters. The van der Waals surface area contributed by atoms with Gasteiger partial charge in [-0.2, -0.15) is 0 Å². The van der Waals surface area contributed by atoms with Gasteiger partial charge in [-0.15, -0.1) is 0 Å². The zero-order valence-electron chi connectivity index (χ0n) is 21.8. The van der Waals surface area contributed by atoms with E-state index in [-0.39, 0.29) is 29.8 Å². The van der Waals surface area contributed by atoms with Crippen molar-refractivity contribution in [2.45, 2.75) is 75.8 Å². The van der Waals surface area contributed by atoms with Crippen LogP contribution in [0.2, 0.25) is 0 Å². The van der Waals surface area contributed by atoms with Gasteiger partial charge in [0.1, 0.15) is 24.0 Å². The fourth-order valence-corrected chi connectivity index (χ4v) is 5.85. The van der Waals surface area contributed by atoms with Gasteiger partial charge in [0.15, 0.2) is 0 Å². The van der Waals surface area contributed by atoms with E-state index >= 15 is 0 Å². The number of nitrogens with one attached hydrogen (secondary N) is 2. The van der Waals surface area contributed by atoms with Crippen molar-refractivity contribution in [2.75, 3.05) is 26.8 Å². The van der Waals surface area contributed by atoms with Crippen molar-refractivity contribution in [3.8, 4) is 0 Å². The molecule has 1 aromatic heterocycles. The van der Waals surface area contributed by atoms with Gasteiger partial charge in [-0.1, -0.05) is 49.6 Å². The third-order valence-corrected chi connectivity index (χ3v) is 8.04. The van der Waals surface area contributed by atoms with Crippen LogP contribution in [0.4, 0.5) is 0 Å². The Morgan fingerprint density at radius 2 is 1.78 bits per heavy atom. The standard InChI is InChI=1S/C28H38N4O5/c1-19(29-2)25(33)31-24(20-10-5-3-6-11-20)27(34)32-15-9-14-22(32)26-30-23(18-35-26)28(36-16-17-37-28)21-12-7-4-8-13-21/h4,7-8,12-13,18-20,22,24,29H,3,5-6,9-11,14-17H2,1-2H3,(H,31,33)/t19-,22-,24-/m0/s1. The summed E-state index contributed by atoms with van der Waals surface area (Å²) in [7, 11) is 1.75. The van der Waals surface area contributed by atoms with Gasteiger partial charge in [-0.05, 0) is 45.6 Å². The van der Waals surface area contributed by atoms with Crippen molar-refractivity contribution in [3.63, 3.8) is 0 Å². The molecule has 200 valence electrons. The maximum Gasteiger partial charge on any atom is 0.246 e. The molecule has 2 amide bonds. The summed E-state index contributed by atoms with van der Waals surface area (Å²) in [4.78, 5) is 33.5. The number of rotatable bonds is 8. The topological polar surface area (TPSA) is 106 Å². The molecule has 3 aliphatic rings. The lowest BCUT2D eigenvalue weighted by molar-refractivity contribution is -0.140. The number of likely N-dealkylation sites (N-methyl/N-ethyl adjacent to an activating group) is 1. The van der Waals surface area contributed by atoms with Gasteiger partial charge in [-0.3, -0.25) is 9.59 Å². The summed E-state index contributed by atoms with van der Waals surface area (Å²) in [6.45, 7) is 3.33. The van der Waals surface area contributed by atoms with Crippen LogP contribution in [0.3, 0.4) is 0 Å². The average Bonchev–Trinajstić information content (AvgIpc) is 3.72. The first-order chi connectivity index (χ1) is 18.0. The van der Waals surface area contributed by atoms with Gasteiger partial charge in [0, 0.05) is 12.1 Å². The molecule has 2 aromatic rings. The van der Waals surface area contributed by atoms with E-state index in [1.165, 1.54) is 6.42 Å². The highest BCUT2D eigenvalue weighted by Crippen LogP contribution is 2.40. The Bertz CT molecular complexity index is 1060. The van der Waals surface area contributed by atoms with Crippen molar-refractivity contribution in [3.05, 3.63) is 53.7 Å². The van der Waals surface area contributed by atoms with Crippen LogP contribution in [0.5, 0.6) is 0 Å². The van der Waals surface area contributed by atoms with Gasteiger partial charge >= 0.3 is 0 Å². The molecule has 9 heteroatoms. The smallest absolute Gasteiger partial charge is 0.246 e. The highest BCUT2D eigenvalue weighted by molar-refractivity contribution is 5.90. The molecular weight excluding hydrogens is 472 g/mol. The molecule has 1 aromatic carbocycles. The van der Waals surface area contributed by atoms with E-state index in [0.29, 0.717) is 31.3 Å². The highest BCUT2D eigenvalue weighted by atomic mass is 16.7. The molecule has 1 aliphatic carbocycles. The lowest BCUT2D eigenvalue weighted by atomic mass is 9.83. The van der Waals surface area contributed by atoms with Gasteiger partial charge < -0.3 is 29.4 Å². The van der Waals surface area contributed by atoms with E-state index in [1.807, 2.05) is 35.2 Å². The third kappa shape index (κ3) is 5.17. The Hall–Kier alpha value is -2.75. The van der Waals surface area contributed by atoms with Gasteiger partial charge in [0.25, 0.3) is 0 Å². The van der Waals surface area contributed by atoms with E-state index in [1.54, 1.807) is 20.2 Å². The summed E-state index contributed by atoms with van der Waals surface area (Å²) in [5.41, 5.74) is 1.40. The highest BCUT2D eigenvalue weighted by Gasteiger charge is 2.45. The van der Waals surface area contributed by atoms with Crippen LogP contribution in [0, 0.1) is 5.92 Å². The van der Waals surface area contributed by atoms with Crippen LogP contribution in [-0.4, -0.2) is 60.6 Å². The number of nitrogens with zero attached hydrogens (tertiary/aromatic N) is 2. The van der Waals surface area contributed by atoms with E-state index in [0.717, 1.165) is 44.1 Å². The van der Waals surface area contributed by atoms with Crippen molar-refractivity contribution in [1.29, 1.82) is 0 Å². The van der Waals surface area contributed by atoms with Crippen LogP contribution >= 0.6 is 0 Å². The van der Waals surface area contributed by atoms with Crippen LogP contribution in [-0.2, 0) is 24.8 Å². The van der Waals surface area contributed by atoms with E-state index in [4.69, 9.17) is 18.9 Å². The van der Waals surface area contributed by atoms with E-state index < -0.39 is 11.8 Å². The fourth-order valence-electron chi connectivity index (χ4n) is 5.85. The molecule has 2 aliphatic heterocycles. The Morgan fingerprint density at radius 3 is 2.49 bits per heavy atom. The minimum atomic E-state index is -1.11. The minimum Gasteiger partial charge on any atom is -0.446 e. The monoisotopic (exact) mass is 510 g/mol. The van der Waals surface area contributed by atoms with Gasteiger partial charge in [0.05, 0.1) is 19.3 Å². The zero-order valence-corrected chi connectivity index (χ0v) is 21.8. The number of amides is 2. The summed E-state index contributed by atoms with van der Waals surface area (Å²) in [5.74, 6) is -0.694. The number of ether oxygens (including phenoxy) is 2. The maximum atomic E-state index is 14.0. The molecular formula is C28H38N4O5.